The molecule has 1 heterocycles. The molecule has 0 spiro atoms. The van der Waals surface area contributed by atoms with E-state index in [-0.39, 0.29) is 31.8 Å². The molecule has 0 saturated carbocycles. The van der Waals surface area contributed by atoms with Gasteiger partial charge in [0.15, 0.2) is 12.4 Å². The molecule has 0 aliphatic heterocycles. The molecule has 0 aliphatic rings. The Balaban J connectivity index is 2.27. The summed E-state index contributed by atoms with van der Waals surface area (Å²) in [4.78, 5) is 22.3. The molecule has 114 valence electrons. The Morgan fingerprint density at radius 1 is 1.29 bits per heavy atom. The Morgan fingerprint density at radius 3 is 2.71 bits per heavy atom. The number of esters is 2. The molecule has 9 heteroatoms. The van der Waals surface area contributed by atoms with Crippen LogP contribution in [0.2, 0.25) is 0 Å². The van der Waals surface area contributed by atoms with Gasteiger partial charge < -0.3 is 24.3 Å². The highest BCUT2D eigenvalue weighted by Gasteiger charge is 2.17. The van der Waals surface area contributed by atoms with Crippen molar-refractivity contribution in [3.05, 3.63) is 24.5 Å². The van der Waals surface area contributed by atoms with Crippen molar-refractivity contribution < 1.29 is 38.4 Å². The van der Waals surface area contributed by atoms with Crippen molar-refractivity contribution in [2.24, 2.45) is 0 Å². The number of carbonyl (C=O) groups excluding carboxylic acids is 2. The number of hydrogen-bond acceptors (Lipinski definition) is 7. The van der Waals surface area contributed by atoms with Gasteiger partial charge in [-0.3, -0.25) is 0 Å². The predicted molar refractivity (Wildman–Crippen MR) is 70.3 cm³/mol. The van der Waals surface area contributed by atoms with Crippen LogP contribution < -0.4 is 10.0 Å². The van der Waals surface area contributed by atoms with Crippen LogP contribution in [0.25, 0.3) is 0 Å². The molecule has 0 aliphatic carbocycles. The van der Waals surface area contributed by atoms with E-state index in [9.17, 15) is 9.59 Å². The smallest absolute Gasteiger partial charge is 0.467 e. The lowest BCUT2D eigenvalue weighted by Gasteiger charge is -2.04. The van der Waals surface area contributed by atoms with Crippen LogP contribution in [0.5, 0.6) is 0 Å². The number of hydrogen-bond donors (Lipinski definition) is 2. The molecule has 8 nitrogen and oxygen atoms in total. The van der Waals surface area contributed by atoms with Gasteiger partial charge in [0.05, 0.1) is 13.7 Å². The SMILES string of the molecule is COC(=O)COCCOC(=O)C[n+]1cccc(B(O)O)c1. The summed E-state index contributed by atoms with van der Waals surface area (Å²) in [6, 6.07) is 3.11. The molecule has 1 rings (SSSR count). The monoisotopic (exact) mass is 298 g/mol. The molecule has 0 bridgehead atoms. The second-order valence-electron chi connectivity index (χ2n) is 4.03. The first-order chi connectivity index (χ1) is 10.0. The maximum Gasteiger partial charge on any atom is 0.494 e. The number of carbonyl (C=O) groups is 2. The van der Waals surface area contributed by atoms with Crippen molar-refractivity contribution in [3.8, 4) is 0 Å². The molecule has 0 amide bonds. The van der Waals surface area contributed by atoms with Gasteiger partial charge in [-0.15, -0.1) is 0 Å². The Hall–Kier alpha value is -1.97. The van der Waals surface area contributed by atoms with Gasteiger partial charge in [0.1, 0.15) is 13.2 Å². The number of ether oxygens (including phenoxy) is 3. The molecule has 21 heavy (non-hydrogen) atoms. The minimum absolute atomic E-state index is 0.0126. The van der Waals surface area contributed by atoms with E-state index >= 15 is 0 Å². The van der Waals surface area contributed by atoms with E-state index in [0.29, 0.717) is 0 Å². The Kier molecular flexibility index (Phi) is 7.37. The molecule has 0 unspecified atom stereocenters. The van der Waals surface area contributed by atoms with E-state index in [1.807, 2.05) is 0 Å². The molecule has 0 fully saturated rings. The van der Waals surface area contributed by atoms with Crippen LogP contribution in [0.3, 0.4) is 0 Å². The Labute approximate surface area is 122 Å². The quantitative estimate of drug-likeness (QED) is 0.234. The number of pyridine rings is 1. The topological polar surface area (TPSA) is 106 Å². The van der Waals surface area contributed by atoms with E-state index in [4.69, 9.17) is 19.5 Å². The van der Waals surface area contributed by atoms with Crippen LogP contribution in [0.1, 0.15) is 0 Å². The summed E-state index contributed by atoms with van der Waals surface area (Å²) >= 11 is 0. The van der Waals surface area contributed by atoms with Gasteiger partial charge in [0, 0.05) is 11.5 Å². The molecule has 0 aromatic carbocycles. The van der Waals surface area contributed by atoms with Gasteiger partial charge in [-0.25, -0.2) is 9.59 Å². The summed E-state index contributed by atoms with van der Waals surface area (Å²) in [5.41, 5.74) is 0.270. The predicted octanol–water partition coefficient (Wildman–Crippen LogP) is -2.61. The highest BCUT2D eigenvalue weighted by Crippen LogP contribution is 1.85. The summed E-state index contributed by atoms with van der Waals surface area (Å²) in [6.45, 7) is -0.170. The molecular formula is C12H17BNO7+. The molecular weight excluding hydrogens is 281 g/mol. The third-order valence-corrected chi connectivity index (χ3v) is 2.43. The molecule has 1 aromatic heterocycles. The average Bonchev–Trinajstić information content (AvgIpc) is 2.46. The van der Waals surface area contributed by atoms with Crippen molar-refractivity contribution in [2.45, 2.75) is 6.54 Å². The maximum absolute atomic E-state index is 11.5. The lowest BCUT2D eigenvalue weighted by atomic mass is 9.82. The zero-order valence-corrected chi connectivity index (χ0v) is 11.6. The lowest BCUT2D eigenvalue weighted by molar-refractivity contribution is -0.685. The first kappa shape index (κ1) is 17.1. The fraction of sp³-hybridized carbons (Fsp3) is 0.417. The van der Waals surface area contributed by atoms with Crippen molar-refractivity contribution in [2.75, 3.05) is 26.9 Å². The number of aromatic nitrogens is 1. The second kappa shape index (κ2) is 9.06. The summed E-state index contributed by atoms with van der Waals surface area (Å²) < 4.78 is 15.6. The lowest BCUT2D eigenvalue weighted by Crippen LogP contribution is -2.44. The van der Waals surface area contributed by atoms with E-state index in [1.165, 1.54) is 23.9 Å². The van der Waals surface area contributed by atoms with Gasteiger partial charge in [0.2, 0.25) is 6.54 Å². The average molecular weight is 298 g/mol. The van der Waals surface area contributed by atoms with Crippen LogP contribution in [0.4, 0.5) is 0 Å². The van der Waals surface area contributed by atoms with Crippen molar-refractivity contribution >= 4 is 24.5 Å². The number of nitrogens with zero attached hydrogens (tertiary/aromatic N) is 1. The number of rotatable bonds is 8. The van der Waals surface area contributed by atoms with Crippen LogP contribution in [-0.2, 0) is 30.3 Å². The van der Waals surface area contributed by atoms with Crippen molar-refractivity contribution in [1.29, 1.82) is 0 Å². The highest BCUT2D eigenvalue weighted by atomic mass is 16.6. The largest absolute Gasteiger partial charge is 0.494 e. The summed E-state index contributed by atoms with van der Waals surface area (Å²) in [5.74, 6) is -1.01. The molecule has 0 radical (unpaired) electrons. The molecule has 0 atom stereocenters. The van der Waals surface area contributed by atoms with E-state index in [1.54, 1.807) is 12.3 Å². The number of methoxy groups -OCH3 is 1. The van der Waals surface area contributed by atoms with Crippen LogP contribution >= 0.6 is 0 Å². The summed E-state index contributed by atoms with van der Waals surface area (Å²) in [6.07, 6.45) is 3.03. The van der Waals surface area contributed by atoms with E-state index in [2.05, 4.69) is 4.74 Å². The first-order valence-electron chi connectivity index (χ1n) is 6.18. The summed E-state index contributed by atoms with van der Waals surface area (Å²) in [5, 5.41) is 18.0. The Morgan fingerprint density at radius 2 is 2.05 bits per heavy atom. The van der Waals surface area contributed by atoms with Crippen LogP contribution in [0, 0.1) is 0 Å². The third kappa shape index (κ3) is 6.84. The third-order valence-electron chi connectivity index (χ3n) is 2.43. The maximum atomic E-state index is 11.5. The van der Waals surface area contributed by atoms with Gasteiger partial charge in [-0.1, -0.05) is 6.07 Å². The van der Waals surface area contributed by atoms with Crippen LogP contribution in [0.15, 0.2) is 24.5 Å². The van der Waals surface area contributed by atoms with Gasteiger partial charge >= 0.3 is 19.1 Å². The second-order valence-corrected chi connectivity index (χ2v) is 4.03. The van der Waals surface area contributed by atoms with Gasteiger partial charge in [-0.05, 0) is 0 Å². The van der Waals surface area contributed by atoms with E-state index in [0.717, 1.165) is 0 Å². The zero-order chi connectivity index (χ0) is 15.7. The van der Waals surface area contributed by atoms with Crippen molar-refractivity contribution in [1.82, 2.24) is 0 Å². The van der Waals surface area contributed by atoms with Gasteiger partial charge in [0.25, 0.3) is 0 Å². The Bertz CT molecular complexity index is 480. The highest BCUT2D eigenvalue weighted by molar-refractivity contribution is 6.58. The molecule has 1 aromatic rings. The standard InChI is InChI=1S/C12H17BNO7/c1-19-12(16)9-20-5-6-21-11(15)8-14-4-2-3-10(7-14)13(17)18/h2-4,7,17-18H,5-6,8-9H2,1H3/q+1. The first-order valence-corrected chi connectivity index (χ1v) is 6.18. The van der Waals surface area contributed by atoms with Gasteiger partial charge in [-0.2, -0.15) is 4.57 Å². The minimum Gasteiger partial charge on any atom is -0.467 e. The molecule has 2 N–H and O–H groups in total. The normalized spacial score (nSPS) is 10.0. The van der Waals surface area contributed by atoms with Crippen molar-refractivity contribution in [3.63, 3.8) is 0 Å². The fourth-order valence-corrected chi connectivity index (χ4v) is 1.42. The minimum atomic E-state index is -1.60. The fourth-order valence-electron chi connectivity index (χ4n) is 1.42. The summed E-state index contributed by atoms with van der Waals surface area (Å²) in [7, 11) is -0.347. The zero-order valence-electron chi connectivity index (χ0n) is 11.6. The van der Waals surface area contributed by atoms with Crippen LogP contribution in [-0.4, -0.2) is 56.0 Å². The molecule has 0 saturated heterocycles. The van der Waals surface area contributed by atoms with E-state index < -0.39 is 19.1 Å².